The van der Waals surface area contributed by atoms with Crippen molar-refractivity contribution in [1.29, 1.82) is 0 Å². The normalized spacial score (nSPS) is 36.9. The topological polar surface area (TPSA) is 29.3 Å². The summed E-state index contributed by atoms with van der Waals surface area (Å²) >= 11 is 0. The van der Waals surface area contributed by atoms with Gasteiger partial charge in [-0.15, -0.1) is 0 Å². The molecule has 1 saturated heterocycles. The van der Waals surface area contributed by atoms with Gasteiger partial charge in [0.25, 0.3) is 0 Å². The van der Waals surface area contributed by atoms with Crippen LogP contribution < -0.4 is 5.73 Å². The predicted octanol–water partition coefficient (Wildman–Crippen LogP) is 3.79. The van der Waals surface area contributed by atoms with Crippen LogP contribution in [0.2, 0.25) is 0 Å². The maximum absolute atomic E-state index is 6.45. The molecule has 112 valence electrons. The number of nitrogens with two attached hydrogens (primary N) is 1. The van der Waals surface area contributed by atoms with E-state index in [4.69, 9.17) is 5.73 Å². The van der Waals surface area contributed by atoms with E-state index in [-0.39, 0.29) is 0 Å². The Morgan fingerprint density at radius 3 is 2.68 bits per heavy atom. The fourth-order valence-electron chi connectivity index (χ4n) is 4.12. The van der Waals surface area contributed by atoms with E-state index in [0.717, 1.165) is 5.92 Å². The van der Waals surface area contributed by atoms with Gasteiger partial charge in [0, 0.05) is 12.1 Å². The quantitative estimate of drug-likeness (QED) is 0.842. The van der Waals surface area contributed by atoms with Crippen LogP contribution in [-0.4, -0.2) is 30.1 Å². The van der Waals surface area contributed by atoms with E-state index in [1.165, 1.54) is 64.5 Å². The minimum atomic E-state index is 0.425. The number of hydrogen-bond donors (Lipinski definition) is 1. The summed E-state index contributed by atoms with van der Waals surface area (Å²) in [4.78, 5) is 2.74. The molecule has 0 aromatic carbocycles. The molecule has 0 spiro atoms. The minimum Gasteiger partial charge on any atom is -0.326 e. The molecule has 2 heteroatoms. The van der Waals surface area contributed by atoms with E-state index in [1.807, 2.05) is 0 Å². The molecule has 2 aliphatic rings. The highest BCUT2D eigenvalue weighted by Crippen LogP contribution is 2.34. The van der Waals surface area contributed by atoms with Gasteiger partial charge in [0.05, 0.1) is 0 Å². The fraction of sp³-hybridized carbons (Fsp3) is 1.00. The highest BCUT2D eigenvalue weighted by atomic mass is 15.2. The molecule has 2 N–H and O–H groups in total. The first-order valence-electron chi connectivity index (χ1n) is 8.51. The highest BCUT2D eigenvalue weighted by Gasteiger charge is 2.34. The van der Waals surface area contributed by atoms with E-state index in [0.29, 0.717) is 17.5 Å². The number of rotatable bonds is 3. The largest absolute Gasteiger partial charge is 0.326 e. The van der Waals surface area contributed by atoms with Crippen molar-refractivity contribution < 1.29 is 0 Å². The van der Waals surface area contributed by atoms with Crippen molar-refractivity contribution in [2.45, 2.75) is 84.2 Å². The second-order valence-corrected chi connectivity index (χ2v) is 7.75. The highest BCUT2D eigenvalue weighted by molar-refractivity contribution is 4.91. The molecule has 0 aromatic rings. The maximum Gasteiger partial charge on any atom is 0.0249 e. The monoisotopic (exact) mass is 266 g/mol. The zero-order valence-corrected chi connectivity index (χ0v) is 13.3. The Kier molecular flexibility index (Phi) is 5.30. The lowest BCUT2D eigenvalue weighted by Crippen LogP contribution is -2.51. The van der Waals surface area contributed by atoms with E-state index >= 15 is 0 Å². The molecule has 19 heavy (non-hydrogen) atoms. The minimum absolute atomic E-state index is 0.425. The smallest absolute Gasteiger partial charge is 0.0249 e. The molecule has 1 heterocycles. The number of nitrogens with zero attached hydrogens (tertiary/aromatic N) is 1. The van der Waals surface area contributed by atoms with Gasteiger partial charge in [0.2, 0.25) is 0 Å². The van der Waals surface area contributed by atoms with Crippen molar-refractivity contribution >= 4 is 0 Å². The van der Waals surface area contributed by atoms with Gasteiger partial charge in [0.1, 0.15) is 0 Å². The summed E-state index contributed by atoms with van der Waals surface area (Å²) in [5.41, 5.74) is 6.98. The lowest BCUT2D eigenvalue weighted by molar-refractivity contribution is 0.108. The molecule has 0 radical (unpaired) electrons. The molecule has 2 rings (SSSR count). The van der Waals surface area contributed by atoms with Gasteiger partial charge in [-0.3, -0.25) is 4.90 Å². The van der Waals surface area contributed by atoms with E-state index in [1.54, 1.807) is 0 Å². The first kappa shape index (κ1) is 15.3. The van der Waals surface area contributed by atoms with Crippen molar-refractivity contribution in [3.63, 3.8) is 0 Å². The molecule has 0 amide bonds. The first-order chi connectivity index (χ1) is 9.02. The molecule has 1 aliphatic heterocycles. The van der Waals surface area contributed by atoms with E-state index in [9.17, 15) is 0 Å². The summed E-state index contributed by atoms with van der Waals surface area (Å²) in [6, 6.07) is 1.09. The Morgan fingerprint density at radius 2 is 1.95 bits per heavy atom. The third kappa shape index (κ3) is 4.19. The molecule has 2 fully saturated rings. The molecule has 1 saturated carbocycles. The summed E-state index contributed by atoms with van der Waals surface area (Å²) < 4.78 is 0. The maximum atomic E-state index is 6.45. The van der Waals surface area contributed by atoms with Gasteiger partial charge in [0.15, 0.2) is 0 Å². The summed E-state index contributed by atoms with van der Waals surface area (Å²) in [6.07, 6.45) is 10.8. The lowest BCUT2D eigenvalue weighted by atomic mass is 9.79. The molecule has 1 aliphatic carbocycles. The van der Waals surface area contributed by atoms with Crippen molar-refractivity contribution in [3.8, 4) is 0 Å². The second kappa shape index (κ2) is 6.58. The molecule has 3 atom stereocenters. The average molecular weight is 266 g/mol. The summed E-state index contributed by atoms with van der Waals surface area (Å²) in [6.45, 7) is 9.72. The number of likely N-dealkylation sites (tertiary alicyclic amines) is 1. The fourth-order valence-corrected chi connectivity index (χ4v) is 4.12. The third-order valence-corrected chi connectivity index (χ3v) is 5.52. The van der Waals surface area contributed by atoms with Crippen LogP contribution in [-0.2, 0) is 0 Å². The van der Waals surface area contributed by atoms with Crippen LogP contribution in [0.3, 0.4) is 0 Å². The van der Waals surface area contributed by atoms with Crippen LogP contribution >= 0.6 is 0 Å². The third-order valence-electron chi connectivity index (χ3n) is 5.52. The molecule has 0 aromatic heterocycles. The van der Waals surface area contributed by atoms with Gasteiger partial charge in [-0.05, 0) is 62.9 Å². The van der Waals surface area contributed by atoms with Gasteiger partial charge in [-0.25, -0.2) is 0 Å². The van der Waals surface area contributed by atoms with Gasteiger partial charge >= 0.3 is 0 Å². The Bertz CT molecular complexity index is 274. The van der Waals surface area contributed by atoms with Crippen LogP contribution in [0.1, 0.15) is 72.1 Å². The van der Waals surface area contributed by atoms with E-state index < -0.39 is 0 Å². The zero-order chi connectivity index (χ0) is 13.9. The van der Waals surface area contributed by atoms with Gasteiger partial charge < -0.3 is 5.73 Å². The molecular weight excluding hydrogens is 232 g/mol. The second-order valence-electron chi connectivity index (χ2n) is 7.75. The van der Waals surface area contributed by atoms with Crippen LogP contribution in [0.15, 0.2) is 0 Å². The van der Waals surface area contributed by atoms with Crippen LogP contribution in [0.4, 0.5) is 0 Å². The summed E-state index contributed by atoms with van der Waals surface area (Å²) in [5, 5.41) is 0. The van der Waals surface area contributed by atoms with Crippen molar-refractivity contribution in [3.05, 3.63) is 0 Å². The Morgan fingerprint density at radius 1 is 1.16 bits per heavy atom. The SMILES string of the molecule is CCCC1CCC(N)C(N2CCCC(C)(C)CC2)C1. The van der Waals surface area contributed by atoms with Gasteiger partial charge in [-0.2, -0.15) is 0 Å². The lowest BCUT2D eigenvalue weighted by Gasteiger charge is -2.41. The number of hydrogen-bond acceptors (Lipinski definition) is 2. The predicted molar refractivity (Wildman–Crippen MR) is 83.2 cm³/mol. The van der Waals surface area contributed by atoms with Gasteiger partial charge in [-0.1, -0.05) is 33.6 Å². The average Bonchev–Trinajstić information content (AvgIpc) is 2.53. The molecule has 2 nitrogen and oxygen atoms in total. The molecule has 3 unspecified atom stereocenters. The molecular formula is C17H34N2. The standard InChI is InChI=1S/C17H34N2/c1-4-6-14-7-8-15(18)16(13-14)19-11-5-9-17(2,3)10-12-19/h14-16H,4-13,18H2,1-3H3. The van der Waals surface area contributed by atoms with Crippen LogP contribution in [0.25, 0.3) is 0 Å². The Balaban J connectivity index is 1.94. The van der Waals surface area contributed by atoms with Crippen LogP contribution in [0.5, 0.6) is 0 Å². The molecule has 0 bridgehead atoms. The van der Waals surface area contributed by atoms with Crippen molar-refractivity contribution in [1.82, 2.24) is 4.90 Å². The summed E-state index contributed by atoms with van der Waals surface area (Å²) in [5.74, 6) is 0.936. The summed E-state index contributed by atoms with van der Waals surface area (Å²) in [7, 11) is 0. The van der Waals surface area contributed by atoms with Crippen molar-refractivity contribution in [2.24, 2.45) is 17.1 Å². The Labute approximate surface area is 120 Å². The van der Waals surface area contributed by atoms with Crippen molar-refractivity contribution in [2.75, 3.05) is 13.1 Å². The van der Waals surface area contributed by atoms with E-state index in [2.05, 4.69) is 25.7 Å². The van der Waals surface area contributed by atoms with Crippen LogP contribution in [0, 0.1) is 11.3 Å². The first-order valence-corrected chi connectivity index (χ1v) is 8.51. The zero-order valence-electron chi connectivity index (χ0n) is 13.3. The Hall–Kier alpha value is -0.0800.